The molecule has 2 N–H and O–H groups in total. The third-order valence-electron chi connectivity index (χ3n) is 6.56. The quantitative estimate of drug-likeness (QED) is 0.646. The molecule has 0 aliphatic carbocycles. The third-order valence-corrected chi connectivity index (χ3v) is 9.91. The number of rotatable bonds is 4. The highest BCUT2D eigenvalue weighted by Gasteiger charge is 2.40. The number of hydrogen-bond donors (Lipinski definition) is 2. The number of nitriles is 1. The first-order chi connectivity index (χ1) is 15.8. The van der Waals surface area contributed by atoms with Gasteiger partial charge in [0.15, 0.2) is 0 Å². The molecule has 4 rings (SSSR count). The van der Waals surface area contributed by atoms with Gasteiger partial charge in [0.2, 0.25) is 10.0 Å². The summed E-state index contributed by atoms with van der Waals surface area (Å²) in [6, 6.07) is 8.33. The number of nitrogens with zero attached hydrogens (tertiary/aromatic N) is 2. The maximum absolute atomic E-state index is 13.0. The van der Waals surface area contributed by atoms with E-state index in [-0.39, 0.29) is 21.9 Å². The van der Waals surface area contributed by atoms with Gasteiger partial charge in [0.25, 0.3) is 5.91 Å². The smallest absolute Gasteiger partial charge is 0.256 e. The fourth-order valence-electron chi connectivity index (χ4n) is 5.20. The lowest BCUT2D eigenvalue weighted by atomic mass is 9.81. The maximum atomic E-state index is 13.0. The lowest BCUT2D eigenvalue weighted by Crippen LogP contribution is -2.54. The number of anilines is 1. The molecule has 3 heterocycles. The van der Waals surface area contributed by atoms with E-state index < -0.39 is 10.0 Å². The summed E-state index contributed by atoms with van der Waals surface area (Å²) >= 11 is 1.42. The number of carbonyl (C=O) groups excluding carboxylic acids is 1. The summed E-state index contributed by atoms with van der Waals surface area (Å²) in [5.41, 5.74) is 1.35. The molecule has 0 bridgehead atoms. The molecule has 182 valence electrons. The van der Waals surface area contributed by atoms with Crippen LogP contribution in [0.15, 0.2) is 29.2 Å². The second-order valence-corrected chi connectivity index (χ2v) is 13.6. The Bertz CT molecular complexity index is 1250. The van der Waals surface area contributed by atoms with Gasteiger partial charge in [-0.15, -0.1) is 11.3 Å². The lowest BCUT2D eigenvalue weighted by molar-refractivity contribution is 0.102. The Morgan fingerprint density at radius 2 is 1.91 bits per heavy atom. The summed E-state index contributed by atoms with van der Waals surface area (Å²) in [6.45, 7) is 11.5. The second kappa shape index (κ2) is 8.76. The van der Waals surface area contributed by atoms with Gasteiger partial charge in [-0.3, -0.25) is 4.79 Å². The topological polar surface area (TPSA) is 102 Å². The monoisotopic (exact) mass is 500 g/mol. The molecule has 2 aliphatic heterocycles. The van der Waals surface area contributed by atoms with Crippen molar-refractivity contribution in [2.45, 2.75) is 69.9 Å². The van der Waals surface area contributed by atoms with Gasteiger partial charge in [0, 0.05) is 34.6 Å². The van der Waals surface area contributed by atoms with E-state index in [2.05, 4.69) is 51.3 Å². The van der Waals surface area contributed by atoms with Crippen LogP contribution in [0.1, 0.15) is 73.8 Å². The van der Waals surface area contributed by atoms with Gasteiger partial charge < -0.3 is 10.6 Å². The Kier molecular flexibility index (Phi) is 6.40. The lowest BCUT2D eigenvalue weighted by Gasteiger charge is -2.42. The van der Waals surface area contributed by atoms with E-state index in [9.17, 15) is 18.5 Å². The first-order valence-corrected chi connectivity index (χ1v) is 13.9. The molecule has 1 fully saturated rings. The fourth-order valence-corrected chi connectivity index (χ4v) is 8.02. The van der Waals surface area contributed by atoms with E-state index in [1.807, 2.05) is 0 Å². The van der Waals surface area contributed by atoms with E-state index in [4.69, 9.17) is 0 Å². The normalized spacial score (nSPS) is 21.9. The molecule has 9 heteroatoms. The largest absolute Gasteiger partial charge is 0.312 e. The fraction of sp³-hybridized carbons (Fsp3) is 0.520. The zero-order valence-electron chi connectivity index (χ0n) is 20.4. The predicted molar refractivity (Wildman–Crippen MR) is 135 cm³/mol. The van der Waals surface area contributed by atoms with Crippen molar-refractivity contribution in [1.29, 1.82) is 5.26 Å². The number of thiophene rings is 1. The molecule has 34 heavy (non-hydrogen) atoms. The van der Waals surface area contributed by atoms with Gasteiger partial charge in [0.05, 0.1) is 10.5 Å². The molecule has 1 atom stereocenters. The molecular formula is C25H32N4O3S2. The molecule has 2 aromatic rings. The van der Waals surface area contributed by atoms with Crippen LogP contribution < -0.4 is 10.6 Å². The van der Waals surface area contributed by atoms with Crippen molar-refractivity contribution in [3.05, 3.63) is 45.8 Å². The number of hydrogen-bond acceptors (Lipinski definition) is 6. The van der Waals surface area contributed by atoms with Crippen molar-refractivity contribution in [2.75, 3.05) is 18.4 Å². The van der Waals surface area contributed by atoms with Crippen molar-refractivity contribution < 1.29 is 13.2 Å². The standard InChI is InChI=1S/C25H32N4O3S2/c1-16-7-6-12-29(15-16)34(31,32)18-10-8-17(9-11-18)22(30)27-23-20(14-26)19-13-24(2,3)28-25(4,5)21(19)33-23/h8-11,16,28H,6-7,12-13,15H2,1-5H3,(H,27,30). The van der Waals surface area contributed by atoms with Gasteiger partial charge in [0.1, 0.15) is 11.1 Å². The Hall–Kier alpha value is -2.25. The summed E-state index contributed by atoms with van der Waals surface area (Å²) in [7, 11) is -3.58. The number of piperidine rings is 1. The van der Waals surface area contributed by atoms with Crippen LogP contribution in [0.4, 0.5) is 5.00 Å². The zero-order valence-corrected chi connectivity index (χ0v) is 22.0. The molecule has 0 radical (unpaired) electrons. The summed E-state index contributed by atoms with van der Waals surface area (Å²) in [6.07, 6.45) is 2.59. The SMILES string of the molecule is CC1CCCN(S(=O)(=O)c2ccc(C(=O)Nc3sc4c(c3C#N)CC(C)(C)NC4(C)C)cc2)C1. The molecule has 1 amide bonds. The number of nitrogens with one attached hydrogen (secondary N) is 2. The number of benzene rings is 1. The molecule has 0 spiro atoms. The van der Waals surface area contributed by atoms with Crippen molar-refractivity contribution >= 4 is 32.3 Å². The van der Waals surface area contributed by atoms with Crippen molar-refractivity contribution in [3.8, 4) is 6.07 Å². The van der Waals surface area contributed by atoms with Gasteiger partial charge in [-0.2, -0.15) is 9.57 Å². The Morgan fingerprint density at radius 3 is 2.53 bits per heavy atom. The molecule has 1 aromatic heterocycles. The Balaban J connectivity index is 1.57. The summed E-state index contributed by atoms with van der Waals surface area (Å²) in [5, 5.41) is 16.9. The molecule has 2 aliphatic rings. The van der Waals surface area contributed by atoms with Crippen LogP contribution in [0, 0.1) is 17.2 Å². The summed E-state index contributed by atoms with van der Waals surface area (Å²) < 4.78 is 27.5. The number of sulfonamides is 1. The number of fused-ring (bicyclic) bond motifs is 1. The molecule has 1 aromatic carbocycles. The highest BCUT2D eigenvalue weighted by molar-refractivity contribution is 7.89. The highest BCUT2D eigenvalue weighted by Crippen LogP contribution is 2.44. The van der Waals surface area contributed by atoms with E-state index in [0.717, 1.165) is 23.3 Å². The highest BCUT2D eigenvalue weighted by atomic mass is 32.2. The van der Waals surface area contributed by atoms with Gasteiger partial charge >= 0.3 is 0 Å². The molecular weight excluding hydrogens is 468 g/mol. The summed E-state index contributed by atoms with van der Waals surface area (Å²) in [5.74, 6) is -0.0269. The predicted octanol–water partition coefficient (Wildman–Crippen LogP) is 4.45. The minimum atomic E-state index is -3.58. The Labute approximate surface area is 206 Å². The first-order valence-electron chi connectivity index (χ1n) is 11.6. The molecule has 7 nitrogen and oxygen atoms in total. The van der Waals surface area contributed by atoms with E-state index in [0.29, 0.717) is 41.6 Å². The molecule has 1 unspecified atom stereocenters. The van der Waals surface area contributed by atoms with Crippen LogP contribution in [0.2, 0.25) is 0 Å². The second-order valence-electron chi connectivity index (χ2n) is 10.6. The average Bonchev–Trinajstić information content (AvgIpc) is 3.10. The van der Waals surface area contributed by atoms with Crippen molar-refractivity contribution in [3.63, 3.8) is 0 Å². The minimum Gasteiger partial charge on any atom is -0.312 e. The van der Waals surface area contributed by atoms with E-state index in [1.54, 1.807) is 0 Å². The minimum absolute atomic E-state index is 0.169. The van der Waals surface area contributed by atoms with Crippen molar-refractivity contribution in [2.24, 2.45) is 5.92 Å². The van der Waals surface area contributed by atoms with Crippen LogP contribution >= 0.6 is 11.3 Å². The first kappa shape index (κ1) is 24.9. The Morgan fingerprint density at radius 1 is 1.24 bits per heavy atom. The van der Waals surface area contributed by atoms with Crippen LogP contribution in [0.5, 0.6) is 0 Å². The molecule has 1 saturated heterocycles. The van der Waals surface area contributed by atoms with Gasteiger partial charge in [-0.25, -0.2) is 8.42 Å². The van der Waals surface area contributed by atoms with Crippen molar-refractivity contribution in [1.82, 2.24) is 9.62 Å². The van der Waals surface area contributed by atoms with Crippen LogP contribution in [0.3, 0.4) is 0 Å². The van der Waals surface area contributed by atoms with Gasteiger partial charge in [-0.05, 0) is 82.7 Å². The molecule has 0 saturated carbocycles. The summed E-state index contributed by atoms with van der Waals surface area (Å²) in [4.78, 5) is 14.2. The number of carbonyl (C=O) groups is 1. The van der Waals surface area contributed by atoms with Crippen LogP contribution in [-0.4, -0.2) is 37.3 Å². The van der Waals surface area contributed by atoms with Crippen LogP contribution in [-0.2, 0) is 22.0 Å². The zero-order chi connectivity index (χ0) is 24.9. The maximum Gasteiger partial charge on any atom is 0.256 e. The number of amides is 1. The third kappa shape index (κ3) is 4.65. The van der Waals surface area contributed by atoms with Crippen LogP contribution in [0.25, 0.3) is 0 Å². The van der Waals surface area contributed by atoms with E-state index in [1.165, 1.54) is 39.9 Å². The average molecular weight is 501 g/mol. The van der Waals surface area contributed by atoms with E-state index >= 15 is 0 Å². The van der Waals surface area contributed by atoms with Gasteiger partial charge in [-0.1, -0.05) is 6.92 Å².